The molecule has 0 aliphatic carbocycles. The van der Waals surface area contributed by atoms with Crippen LogP contribution >= 0.6 is 0 Å². The van der Waals surface area contributed by atoms with Crippen LogP contribution in [0.5, 0.6) is 0 Å². The number of hydrogen-bond donors (Lipinski definition) is 1. The second-order valence-electron chi connectivity index (χ2n) is 3.81. The topological polar surface area (TPSA) is 55.0 Å². The largest absolute Gasteiger partial charge is 0.382 e. The molecule has 0 radical (unpaired) electrons. The maximum absolute atomic E-state index is 5.76. The summed E-state index contributed by atoms with van der Waals surface area (Å²) in [6, 6.07) is 2.68. The maximum atomic E-state index is 5.76. The van der Waals surface area contributed by atoms with Gasteiger partial charge in [0.15, 0.2) is 5.82 Å². The summed E-state index contributed by atoms with van der Waals surface area (Å²) in [7, 11) is 2.08. The van der Waals surface area contributed by atoms with Gasteiger partial charge in [0.2, 0.25) is 0 Å². The first-order chi connectivity index (χ1) is 6.54. The molecular weight excluding hydrogens is 176 g/mol. The first-order valence-corrected chi connectivity index (χ1v) is 4.83. The Balaban J connectivity index is 2.89. The van der Waals surface area contributed by atoms with Gasteiger partial charge in [-0.25, -0.2) is 0 Å². The lowest BCUT2D eigenvalue weighted by Gasteiger charge is -2.28. The van der Waals surface area contributed by atoms with E-state index in [1.807, 2.05) is 6.07 Å². The van der Waals surface area contributed by atoms with Gasteiger partial charge in [0.1, 0.15) is 0 Å². The van der Waals surface area contributed by atoms with Crippen molar-refractivity contribution in [3.05, 3.63) is 17.8 Å². The summed E-state index contributed by atoms with van der Waals surface area (Å²) < 4.78 is 0. The van der Waals surface area contributed by atoms with Gasteiger partial charge in [-0.2, -0.15) is 5.10 Å². The molecule has 2 N–H and O–H groups in total. The van der Waals surface area contributed by atoms with E-state index >= 15 is 0 Å². The third-order valence-electron chi connectivity index (χ3n) is 2.66. The number of hydrogen-bond acceptors (Lipinski definition) is 4. The molecule has 0 bridgehead atoms. The molecule has 0 amide bonds. The summed E-state index contributed by atoms with van der Waals surface area (Å²) in [6.45, 7) is 6.43. The van der Waals surface area contributed by atoms with E-state index in [0.29, 0.717) is 11.9 Å². The van der Waals surface area contributed by atoms with Gasteiger partial charge in [0.05, 0.1) is 6.20 Å². The lowest BCUT2D eigenvalue weighted by Crippen LogP contribution is -2.29. The molecule has 0 spiro atoms. The Bertz CT molecular complexity index is 298. The number of nitrogens with two attached hydrogens (primary N) is 1. The van der Waals surface area contributed by atoms with Crippen molar-refractivity contribution in [1.29, 1.82) is 0 Å². The molecule has 0 aromatic carbocycles. The van der Waals surface area contributed by atoms with Crippen molar-refractivity contribution in [3.8, 4) is 0 Å². The third kappa shape index (κ3) is 2.20. The molecule has 1 atom stereocenters. The predicted molar refractivity (Wildman–Crippen MR) is 57.8 cm³/mol. The fourth-order valence-electron chi connectivity index (χ4n) is 1.37. The van der Waals surface area contributed by atoms with E-state index in [9.17, 15) is 0 Å². The van der Waals surface area contributed by atoms with Crippen molar-refractivity contribution < 1.29 is 0 Å². The van der Waals surface area contributed by atoms with E-state index in [1.54, 1.807) is 6.20 Å². The van der Waals surface area contributed by atoms with E-state index in [-0.39, 0.29) is 6.04 Å². The average Bonchev–Trinajstić information content (AvgIpc) is 2.16. The minimum Gasteiger partial charge on any atom is -0.382 e. The Kier molecular flexibility index (Phi) is 3.41. The lowest BCUT2D eigenvalue weighted by atomic mass is 10.1. The molecule has 14 heavy (non-hydrogen) atoms. The smallest absolute Gasteiger partial charge is 0.150 e. The van der Waals surface area contributed by atoms with Crippen molar-refractivity contribution in [3.63, 3.8) is 0 Å². The zero-order valence-corrected chi connectivity index (χ0v) is 9.23. The van der Waals surface area contributed by atoms with Crippen molar-refractivity contribution in [2.75, 3.05) is 12.8 Å². The van der Waals surface area contributed by atoms with Crippen molar-refractivity contribution in [2.45, 2.75) is 32.9 Å². The molecular formula is C10H18N4. The van der Waals surface area contributed by atoms with Gasteiger partial charge in [-0.1, -0.05) is 0 Å². The minimum absolute atomic E-state index is 0.269. The summed E-state index contributed by atoms with van der Waals surface area (Å²) >= 11 is 0. The summed E-state index contributed by atoms with van der Waals surface area (Å²) in [5, 5.41) is 7.58. The highest BCUT2D eigenvalue weighted by Gasteiger charge is 2.16. The normalized spacial score (nSPS) is 13.6. The van der Waals surface area contributed by atoms with Crippen LogP contribution in [0.2, 0.25) is 0 Å². The monoisotopic (exact) mass is 194 g/mol. The average molecular weight is 194 g/mol. The summed E-state index contributed by atoms with van der Waals surface area (Å²) in [5.74, 6) is 0.521. The molecule has 1 rings (SSSR count). The van der Waals surface area contributed by atoms with Crippen molar-refractivity contribution in [1.82, 2.24) is 15.1 Å². The Labute approximate surface area is 85.1 Å². The number of aromatic nitrogens is 2. The fraction of sp³-hybridized carbons (Fsp3) is 0.600. The van der Waals surface area contributed by atoms with Crippen LogP contribution in [0.25, 0.3) is 0 Å². The molecule has 1 aromatic rings. The molecule has 1 unspecified atom stereocenters. The SMILES string of the molecule is CC(C)N(C)C(C)c1ccnnc1N. The van der Waals surface area contributed by atoms with E-state index in [2.05, 4.69) is 42.9 Å². The Morgan fingerprint density at radius 2 is 2.00 bits per heavy atom. The van der Waals surface area contributed by atoms with Crippen molar-refractivity contribution >= 4 is 5.82 Å². The van der Waals surface area contributed by atoms with E-state index in [4.69, 9.17) is 5.73 Å². The predicted octanol–water partition coefficient (Wildman–Crippen LogP) is 1.46. The molecule has 0 aliphatic heterocycles. The molecule has 78 valence electrons. The van der Waals surface area contributed by atoms with Crippen LogP contribution in [0.3, 0.4) is 0 Å². The molecule has 4 nitrogen and oxygen atoms in total. The Morgan fingerprint density at radius 1 is 1.36 bits per heavy atom. The van der Waals surface area contributed by atoms with Crippen LogP contribution in [-0.2, 0) is 0 Å². The minimum atomic E-state index is 0.269. The highest BCUT2D eigenvalue weighted by Crippen LogP contribution is 2.23. The first-order valence-electron chi connectivity index (χ1n) is 4.83. The summed E-state index contributed by atoms with van der Waals surface area (Å²) in [4.78, 5) is 2.24. The van der Waals surface area contributed by atoms with Crippen LogP contribution in [0.15, 0.2) is 12.3 Å². The molecule has 0 aliphatic rings. The maximum Gasteiger partial charge on any atom is 0.150 e. The lowest BCUT2D eigenvalue weighted by molar-refractivity contribution is 0.210. The number of nitrogen functional groups attached to an aromatic ring is 1. The van der Waals surface area contributed by atoms with Crippen molar-refractivity contribution in [2.24, 2.45) is 0 Å². The van der Waals surface area contributed by atoms with E-state index in [0.717, 1.165) is 5.56 Å². The zero-order chi connectivity index (χ0) is 10.7. The van der Waals surface area contributed by atoms with Crippen LogP contribution < -0.4 is 5.73 Å². The second kappa shape index (κ2) is 4.37. The highest BCUT2D eigenvalue weighted by molar-refractivity contribution is 5.39. The quantitative estimate of drug-likeness (QED) is 0.791. The van der Waals surface area contributed by atoms with E-state index in [1.165, 1.54) is 0 Å². The van der Waals surface area contributed by atoms with Crippen LogP contribution in [0.1, 0.15) is 32.4 Å². The number of nitrogens with zero attached hydrogens (tertiary/aromatic N) is 3. The molecule has 0 saturated carbocycles. The summed E-state index contributed by atoms with van der Waals surface area (Å²) in [5.41, 5.74) is 6.80. The first kappa shape index (κ1) is 10.9. The van der Waals surface area contributed by atoms with Gasteiger partial charge in [-0.3, -0.25) is 4.90 Å². The Morgan fingerprint density at radius 3 is 2.50 bits per heavy atom. The van der Waals surface area contributed by atoms with Gasteiger partial charge in [-0.05, 0) is 33.9 Å². The van der Waals surface area contributed by atoms with Gasteiger partial charge >= 0.3 is 0 Å². The molecule has 0 saturated heterocycles. The van der Waals surface area contributed by atoms with Crippen LogP contribution in [0, 0.1) is 0 Å². The van der Waals surface area contributed by atoms with Gasteiger partial charge in [0.25, 0.3) is 0 Å². The third-order valence-corrected chi connectivity index (χ3v) is 2.66. The van der Waals surface area contributed by atoms with E-state index < -0.39 is 0 Å². The van der Waals surface area contributed by atoms with Gasteiger partial charge in [-0.15, -0.1) is 5.10 Å². The number of anilines is 1. The molecule has 0 fully saturated rings. The molecule has 1 heterocycles. The standard InChI is InChI=1S/C10H18N4/c1-7(2)14(4)8(3)9-5-6-12-13-10(9)11/h5-8H,1-4H3,(H2,11,13). The summed E-state index contributed by atoms with van der Waals surface area (Å²) in [6.07, 6.45) is 1.68. The van der Waals surface area contributed by atoms with Crippen LogP contribution in [-0.4, -0.2) is 28.2 Å². The Hall–Kier alpha value is -1.16. The van der Waals surface area contributed by atoms with Crippen LogP contribution in [0.4, 0.5) is 5.82 Å². The highest BCUT2D eigenvalue weighted by atomic mass is 15.2. The molecule has 1 aromatic heterocycles. The van der Waals surface area contributed by atoms with Gasteiger partial charge in [0, 0.05) is 17.6 Å². The molecule has 4 heteroatoms. The fourth-order valence-corrected chi connectivity index (χ4v) is 1.37. The zero-order valence-electron chi connectivity index (χ0n) is 9.23. The number of rotatable bonds is 3. The second-order valence-corrected chi connectivity index (χ2v) is 3.81. The van der Waals surface area contributed by atoms with Gasteiger partial charge < -0.3 is 5.73 Å².